The molecule has 0 spiro atoms. The fourth-order valence-electron chi connectivity index (χ4n) is 2.31. The topological polar surface area (TPSA) is 52.6 Å². The van der Waals surface area contributed by atoms with Crippen molar-refractivity contribution in [3.05, 3.63) is 30.1 Å². The molecule has 0 atom stereocenters. The van der Waals surface area contributed by atoms with Gasteiger partial charge >= 0.3 is 0 Å². The van der Waals surface area contributed by atoms with Crippen LogP contribution in [0.25, 0.3) is 0 Å². The van der Waals surface area contributed by atoms with Crippen LogP contribution in [0.15, 0.2) is 29.4 Å². The van der Waals surface area contributed by atoms with Gasteiger partial charge in [-0.15, -0.1) is 24.0 Å². The Kier molecular flexibility index (Phi) is 11.2. The maximum absolute atomic E-state index is 4.29. The molecule has 1 aromatic rings. The maximum atomic E-state index is 4.29. The van der Waals surface area contributed by atoms with E-state index < -0.39 is 0 Å². The van der Waals surface area contributed by atoms with Crippen LogP contribution in [0.2, 0.25) is 0 Å². The van der Waals surface area contributed by atoms with Gasteiger partial charge in [0.25, 0.3) is 0 Å². The zero-order valence-corrected chi connectivity index (χ0v) is 16.7. The molecule has 0 bridgehead atoms. The molecule has 0 aliphatic heterocycles. The molecule has 5 nitrogen and oxygen atoms in total. The number of hydrogen-bond donors (Lipinski definition) is 2. The number of aromatic nitrogens is 1. The Hall–Kier alpha value is -0.890. The Balaban J connectivity index is 0.00000441. The summed E-state index contributed by atoms with van der Waals surface area (Å²) in [7, 11) is 1.79. The van der Waals surface area contributed by atoms with E-state index in [9.17, 15) is 0 Å². The van der Waals surface area contributed by atoms with Crippen LogP contribution in [0.1, 0.15) is 33.4 Å². The predicted molar refractivity (Wildman–Crippen MR) is 105 cm³/mol. The van der Waals surface area contributed by atoms with Gasteiger partial charge < -0.3 is 10.6 Å². The van der Waals surface area contributed by atoms with E-state index in [1.807, 2.05) is 18.2 Å². The zero-order valence-electron chi connectivity index (χ0n) is 14.3. The van der Waals surface area contributed by atoms with Gasteiger partial charge in [-0.3, -0.25) is 14.9 Å². The van der Waals surface area contributed by atoms with Crippen LogP contribution in [0.4, 0.5) is 0 Å². The van der Waals surface area contributed by atoms with Crippen LogP contribution in [0.5, 0.6) is 0 Å². The number of nitrogens with one attached hydrogen (secondary N) is 2. The Morgan fingerprint density at radius 1 is 1.18 bits per heavy atom. The second-order valence-electron chi connectivity index (χ2n) is 5.60. The van der Waals surface area contributed by atoms with Crippen molar-refractivity contribution in [2.75, 3.05) is 20.1 Å². The monoisotopic (exact) mass is 419 g/mol. The number of guanidine groups is 1. The average Bonchev–Trinajstić information content (AvgIpc) is 2.46. The lowest BCUT2D eigenvalue weighted by Crippen LogP contribution is -2.45. The Morgan fingerprint density at radius 2 is 1.86 bits per heavy atom. The number of rotatable bonds is 7. The van der Waals surface area contributed by atoms with Gasteiger partial charge in [0.1, 0.15) is 0 Å². The summed E-state index contributed by atoms with van der Waals surface area (Å²) in [4.78, 5) is 11.0. The number of aliphatic imine (C=N–C) groups is 1. The lowest BCUT2D eigenvalue weighted by molar-refractivity contribution is 0.178. The summed E-state index contributed by atoms with van der Waals surface area (Å²) in [5.74, 6) is 0.813. The quantitative estimate of drug-likeness (QED) is 0.405. The third kappa shape index (κ3) is 7.93. The first kappa shape index (κ1) is 21.1. The Labute approximate surface area is 152 Å². The summed E-state index contributed by atoms with van der Waals surface area (Å²) >= 11 is 0. The number of hydrogen-bond acceptors (Lipinski definition) is 3. The van der Waals surface area contributed by atoms with Crippen LogP contribution in [-0.4, -0.2) is 48.1 Å². The molecule has 0 aliphatic rings. The van der Waals surface area contributed by atoms with Crippen LogP contribution in [0.3, 0.4) is 0 Å². The molecule has 1 rings (SSSR count). The molecule has 0 aromatic carbocycles. The average molecular weight is 419 g/mol. The van der Waals surface area contributed by atoms with Gasteiger partial charge in [0.15, 0.2) is 5.96 Å². The third-order valence-corrected chi connectivity index (χ3v) is 3.38. The van der Waals surface area contributed by atoms with E-state index in [2.05, 4.69) is 53.2 Å². The molecule has 0 saturated carbocycles. The van der Waals surface area contributed by atoms with Crippen molar-refractivity contribution in [2.24, 2.45) is 4.99 Å². The first-order chi connectivity index (χ1) is 10.0. The molecule has 1 aromatic heterocycles. The highest BCUT2D eigenvalue weighted by Crippen LogP contribution is 2.03. The molecule has 0 radical (unpaired) electrons. The fourth-order valence-corrected chi connectivity index (χ4v) is 2.31. The summed E-state index contributed by atoms with van der Waals surface area (Å²) in [5, 5.41) is 6.63. The maximum Gasteiger partial charge on any atom is 0.191 e. The molecule has 0 unspecified atom stereocenters. The smallest absolute Gasteiger partial charge is 0.191 e. The molecule has 22 heavy (non-hydrogen) atoms. The van der Waals surface area contributed by atoms with E-state index in [1.54, 1.807) is 13.2 Å². The van der Waals surface area contributed by atoms with Gasteiger partial charge in [-0.2, -0.15) is 0 Å². The molecule has 0 aliphatic carbocycles. The summed E-state index contributed by atoms with van der Waals surface area (Å²) in [6, 6.07) is 7.01. The lowest BCUT2D eigenvalue weighted by atomic mass is 10.2. The molecule has 0 amide bonds. The zero-order chi connectivity index (χ0) is 15.7. The molecule has 1 heterocycles. The predicted octanol–water partition coefficient (Wildman–Crippen LogP) is 2.48. The number of pyridine rings is 1. The SMILES string of the molecule is CN=C(NCCN(C(C)C)C(C)C)NCc1ccccn1.I. The second-order valence-corrected chi connectivity index (χ2v) is 5.60. The molecule has 126 valence electrons. The minimum atomic E-state index is 0. The molecular weight excluding hydrogens is 389 g/mol. The highest BCUT2D eigenvalue weighted by molar-refractivity contribution is 14.0. The number of halogens is 1. The van der Waals surface area contributed by atoms with Crippen LogP contribution in [-0.2, 0) is 6.54 Å². The van der Waals surface area contributed by atoms with Gasteiger partial charge in [0.05, 0.1) is 12.2 Å². The van der Waals surface area contributed by atoms with E-state index in [0.29, 0.717) is 18.6 Å². The number of nitrogens with zero attached hydrogens (tertiary/aromatic N) is 3. The van der Waals surface area contributed by atoms with Crippen LogP contribution < -0.4 is 10.6 Å². The normalized spacial score (nSPS) is 11.7. The fraction of sp³-hybridized carbons (Fsp3) is 0.625. The van der Waals surface area contributed by atoms with E-state index in [-0.39, 0.29) is 24.0 Å². The standard InChI is InChI=1S/C16H29N5.HI/c1-13(2)21(14(3)4)11-10-19-16(17-5)20-12-15-8-6-7-9-18-15;/h6-9,13-14H,10-12H2,1-5H3,(H2,17,19,20);1H. The summed E-state index contributed by atoms with van der Waals surface area (Å²) in [5.41, 5.74) is 1.01. The van der Waals surface area contributed by atoms with Crippen LogP contribution in [0, 0.1) is 0 Å². The van der Waals surface area contributed by atoms with Crippen molar-refractivity contribution in [3.63, 3.8) is 0 Å². The molecular formula is C16H30IN5. The van der Waals surface area contributed by atoms with Gasteiger partial charge in [0.2, 0.25) is 0 Å². The van der Waals surface area contributed by atoms with Crippen LogP contribution >= 0.6 is 24.0 Å². The van der Waals surface area contributed by atoms with Crippen molar-refractivity contribution in [1.82, 2.24) is 20.5 Å². The molecule has 0 fully saturated rings. The first-order valence-corrected chi connectivity index (χ1v) is 7.64. The second kappa shape index (κ2) is 11.6. The summed E-state index contributed by atoms with van der Waals surface area (Å²) in [6.45, 7) is 11.5. The van der Waals surface area contributed by atoms with Crippen molar-refractivity contribution < 1.29 is 0 Å². The largest absolute Gasteiger partial charge is 0.355 e. The molecule has 6 heteroatoms. The van der Waals surface area contributed by atoms with Gasteiger partial charge in [-0.1, -0.05) is 6.07 Å². The molecule has 0 saturated heterocycles. The van der Waals surface area contributed by atoms with Crippen molar-refractivity contribution in [3.8, 4) is 0 Å². The summed E-state index contributed by atoms with van der Waals surface area (Å²) in [6.07, 6.45) is 1.80. The van der Waals surface area contributed by atoms with Crippen molar-refractivity contribution >= 4 is 29.9 Å². The minimum Gasteiger partial charge on any atom is -0.355 e. The van der Waals surface area contributed by atoms with E-state index in [4.69, 9.17) is 0 Å². The van der Waals surface area contributed by atoms with Gasteiger partial charge in [0, 0.05) is 38.4 Å². The first-order valence-electron chi connectivity index (χ1n) is 7.64. The third-order valence-electron chi connectivity index (χ3n) is 3.38. The van der Waals surface area contributed by atoms with E-state index >= 15 is 0 Å². The van der Waals surface area contributed by atoms with Crippen molar-refractivity contribution in [1.29, 1.82) is 0 Å². The summed E-state index contributed by atoms with van der Waals surface area (Å²) < 4.78 is 0. The van der Waals surface area contributed by atoms with Gasteiger partial charge in [-0.05, 0) is 39.8 Å². The minimum absolute atomic E-state index is 0. The van der Waals surface area contributed by atoms with E-state index in [0.717, 1.165) is 24.7 Å². The van der Waals surface area contributed by atoms with E-state index in [1.165, 1.54) is 0 Å². The van der Waals surface area contributed by atoms with Crippen molar-refractivity contribution in [2.45, 2.75) is 46.3 Å². The lowest BCUT2D eigenvalue weighted by Gasteiger charge is -2.30. The Morgan fingerprint density at radius 3 is 2.36 bits per heavy atom. The molecule has 2 N–H and O–H groups in total. The van der Waals surface area contributed by atoms with Gasteiger partial charge in [-0.25, -0.2) is 0 Å². The Bertz CT molecular complexity index is 412. The highest BCUT2D eigenvalue weighted by atomic mass is 127. The highest BCUT2D eigenvalue weighted by Gasteiger charge is 2.12.